The lowest BCUT2D eigenvalue weighted by atomic mass is 9.99. The van der Waals surface area contributed by atoms with E-state index in [9.17, 15) is 18.0 Å². The Hall–Kier alpha value is -1.19. The highest BCUT2D eigenvalue weighted by Gasteiger charge is 2.26. The molecular weight excluding hydrogens is 296 g/mol. The van der Waals surface area contributed by atoms with E-state index in [1.54, 1.807) is 4.90 Å². The zero-order chi connectivity index (χ0) is 15.9. The fourth-order valence-corrected chi connectivity index (χ4v) is 2.88. The van der Waals surface area contributed by atoms with Crippen LogP contribution in [0.5, 0.6) is 0 Å². The first kappa shape index (κ1) is 17.9. The Labute approximate surface area is 125 Å². The van der Waals surface area contributed by atoms with Gasteiger partial charge in [0.2, 0.25) is 21.8 Å². The Morgan fingerprint density at radius 3 is 2.67 bits per heavy atom. The number of carbonyl (C=O) groups excluding carboxylic acids is 2. The molecular formula is C12H24N4O4S. The molecule has 1 aliphatic rings. The number of carbonyl (C=O) groups is 2. The number of hydrogen-bond acceptors (Lipinski definition) is 5. The summed E-state index contributed by atoms with van der Waals surface area (Å²) in [7, 11) is -3.21. The van der Waals surface area contributed by atoms with Gasteiger partial charge in [-0.05, 0) is 25.7 Å². The quantitative estimate of drug-likeness (QED) is 0.520. The Kier molecular flexibility index (Phi) is 7.06. The van der Waals surface area contributed by atoms with Crippen molar-refractivity contribution < 1.29 is 18.0 Å². The van der Waals surface area contributed by atoms with Crippen LogP contribution in [0.3, 0.4) is 0 Å². The van der Waals surface area contributed by atoms with Gasteiger partial charge in [-0.25, -0.2) is 13.1 Å². The predicted molar refractivity (Wildman–Crippen MR) is 78.9 cm³/mol. The van der Waals surface area contributed by atoms with Crippen LogP contribution in [0.4, 0.5) is 0 Å². The van der Waals surface area contributed by atoms with Gasteiger partial charge in [0, 0.05) is 19.1 Å². The van der Waals surface area contributed by atoms with Crippen LogP contribution in [0.25, 0.3) is 0 Å². The van der Waals surface area contributed by atoms with Crippen molar-refractivity contribution in [1.29, 1.82) is 0 Å². The largest absolute Gasteiger partial charge is 0.346 e. The maximum Gasteiger partial charge on any atom is 0.242 e. The molecule has 0 spiro atoms. The van der Waals surface area contributed by atoms with Crippen molar-refractivity contribution >= 4 is 21.8 Å². The van der Waals surface area contributed by atoms with Gasteiger partial charge in [-0.1, -0.05) is 0 Å². The van der Waals surface area contributed by atoms with Crippen LogP contribution in [0.2, 0.25) is 0 Å². The third-order valence-corrected chi connectivity index (χ3v) is 4.14. The van der Waals surface area contributed by atoms with Crippen LogP contribution in [-0.2, 0) is 19.6 Å². The molecule has 4 N–H and O–H groups in total. The molecule has 9 heteroatoms. The molecule has 8 nitrogen and oxygen atoms in total. The highest BCUT2D eigenvalue weighted by molar-refractivity contribution is 7.88. The topological polar surface area (TPSA) is 122 Å². The summed E-state index contributed by atoms with van der Waals surface area (Å²) >= 11 is 0. The van der Waals surface area contributed by atoms with E-state index >= 15 is 0 Å². The van der Waals surface area contributed by atoms with Gasteiger partial charge in [-0.3, -0.25) is 9.59 Å². The molecule has 1 atom stereocenters. The molecule has 1 heterocycles. The van der Waals surface area contributed by atoms with E-state index < -0.39 is 10.0 Å². The van der Waals surface area contributed by atoms with Crippen LogP contribution in [-0.4, -0.2) is 63.6 Å². The average Bonchev–Trinajstić information content (AvgIpc) is 2.43. The van der Waals surface area contributed by atoms with Crippen molar-refractivity contribution in [2.45, 2.75) is 31.7 Å². The van der Waals surface area contributed by atoms with Crippen LogP contribution in [0.15, 0.2) is 0 Å². The van der Waals surface area contributed by atoms with E-state index in [-0.39, 0.29) is 30.9 Å². The minimum Gasteiger partial charge on any atom is -0.346 e. The van der Waals surface area contributed by atoms with Crippen LogP contribution >= 0.6 is 0 Å². The lowest BCUT2D eigenvalue weighted by Crippen LogP contribution is -2.49. The molecule has 1 rings (SSSR count). The van der Waals surface area contributed by atoms with Crippen LogP contribution < -0.4 is 15.8 Å². The first-order valence-corrected chi connectivity index (χ1v) is 8.93. The predicted octanol–water partition coefficient (Wildman–Crippen LogP) is -1.62. The second-order valence-corrected chi connectivity index (χ2v) is 7.01. The lowest BCUT2D eigenvalue weighted by Gasteiger charge is -2.36. The van der Waals surface area contributed by atoms with Crippen molar-refractivity contribution in [2.75, 3.05) is 32.4 Å². The number of amides is 2. The Morgan fingerprint density at radius 2 is 2.05 bits per heavy atom. The molecule has 1 fully saturated rings. The highest BCUT2D eigenvalue weighted by atomic mass is 32.2. The van der Waals surface area contributed by atoms with E-state index in [1.807, 2.05) is 0 Å². The second kappa shape index (κ2) is 8.30. The van der Waals surface area contributed by atoms with Gasteiger partial charge >= 0.3 is 0 Å². The third kappa shape index (κ3) is 6.87. The fraction of sp³-hybridized carbons (Fsp3) is 0.833. The number of nitrogens with zero attached hydrogens (tertiary/aromatic N) is 1. The summed E-state index contributed by atoms with van der Waals surface area (Å²) in [5, 5.41) is 2.46. The summed E-state index contributed by atoms with van der Waals surface area (Å²) < 4.78 is 24.5. The van der Waals surface area contributed by atoms with Crippen molar-refractivity contribution in [3.05, 3.63) is 0 Å². The van der Waals surface area contributed by atoms with Crippen molar-refractivity contribution in [3.8, 4) is 0 Å². The zero-order valence-corrected chi connectivity index (χ0v) is 13.1. The second-order valence-electron chi connectivity index (χ2n) is 5.17. The maximum absolute atomic E-state index is 12.1. The third-order valence-electron chi connectivity index (χ3n) is 3.41. The fourth-order valence-electron chi connectivity index (χ4n) is 2.39. The Balaban J connectivity index is 2.48. The van der Waals surface area contributed by atoms with Crippen LogP contribution in [0, 0.1) is 0 Å². The summed E-state index contributed by atoms with van der Waals surface area (Å²) in [6, 6.07) is 0.00952. The van der Waals surface area contributed by atoms with Crippen molar-refractivity contribution in [2.24, 2.45) is 5.73 Å². The van der Waals surface area contributed by atoms with Gasteiger partial charge in [0.05, 0.1) is 19.3 Å². The van der Waals surface area contributed by atoms with E-state index in [4.69, 9.17) is 5.73 Å². The van der Waals surface area contributed by atoms with E-state index in [0.29, 0.717) is 19.5 Å². The smallest absolute Gasteiger partial charge is 0.242 e. The maximum atomic E-state index is 12.1. The monoisotopic (exact) mass is 320 g/mol. The molecule has 1 aliphatic heterocycles. The summed E-state index contributed by atoms with van der Waals surface area (Å²) in [5.41, 5.74) is 5.17. The van der Waals surface area contributed by atoms with Gasteiger partial charge in [0.1, 0.15) is 0 Å². The van der Waals surface area contributed by atoms with Gasteiger partial charge in [0.15, 0.2) is 0 Å². The Bertz CT molecular complexity index is 466. The molecule has 0 aromatic rings. The minimum absolute atomic E-state index is 0.00952. The molecule has 1 unspecified atom stereocenters. The van der Waals surface area contributed by atoms with Gasteiger partial charge in [-0.15, -0.1) is 0 Å². The molecule has 2 amide bonds. The van der Waals surface area contributed by atoms with Crippen molar-refractivity contribution in [1.82, 2.24) is 14.9 Å². The number of likely N-dealkylation sites (tertiary alicyclic amines) is 1. The highest BCUT2D eigenvalue weighted by Crippen LogP contribution is 2.19. The van der Waals surface area contributed by atoms with Gasteiger partial charge in [0.25, 0.3) is 0 Å². The molecule has 1 saturated heterocycles. The van der Waals surface area contributed by atoms with Gasteiger partial charge in [-0.2, -0.15) is 0 Å². The number of nitrogens with one attached hydrogen (secondary N) is 2. The van der Waals surface area contributed by atoms with Crippen molar-refractivity contribution in [3.63, 3.8) is 0 Å². The molecule has 0 aromatic heterocycles. The number of nitrogens with two attached hydrogens (primary N) is 1. The molecule has 0 aromatic carbocycles. The average molecular weight is 320 g/mol. The minimum atomic E-state index is -3.21. The molecule has 0 radical (unpaired) electrons. The summed E-state index contributed by atoms with van der Waals surface area (Å²) in [5.74, 6) is -0.517. The molecule has 122 valence electrons. The standard InChI is InChI=1S/C12H24N4O4S/c1-21(19,20)15-6-5-10-4-2-3-7-16(10)12(18)9-14-11(17)8-13/h10,15H,2-9,13H2,1H3,(H,14,17). The normalized spacial score (nSPS) is 19.3. The van der Waals surface area contributed by atoms with E-state index in [0.717, 1.165) is 25.5 Å². The number of piperidine rings is 1. The van der Waals surface area contributed by atoms with Gasteiger partial charge < -0.3 is 16.0 Å². The van der Waals surface area contributed by atoms with E-state index in [2.05, 4.69) is 10.0 Å². The summed E-state index contributed by atoms with van der Waals surface area (Å²) in [6.45, 7) is 0.740. The number of hydrogen-bond donors (Lipinski definition) is 3. The SMILES string of the molecule is CS(=O)(=O)NCCC1CCCCN1C(=O)CNC(=O)CN. The number of rotatable bonds is 7. The zero-order valence-electron chi connectivity index (χ0n) is 12.3. The summed E-state index contributed by atoms with van der Waals surface area (Å²) in [4.78, 5) is 24.9. The Morgan fingerprint density at radius 1 is 1.33 bits per heavy atom. The van der Waals surface area contributed by atoms with Crippen LogP contribution in [0.1, 0.15) is 25.7 Å². The molecule has 0 saturated carbocycles. The lowest BCUT2D eigenvalue weighted by molar-refractivity contribution is -0.135. The molecule has 21 heavy (non-hydrogen) atoms. The van der Waals surface area contributed by atoms with E-state index in [1.165, 1.54) is 0 Å². The first-order chi connectivity index (χ1) is 9.83. The summed E-state index contributed by atoms with van der Waals surface area (Å²) in [6.07, 6.45) is 4.47. The number of sulfonamides is 1. The molecule has 0 aliphatic carbocycles. The molecule has 0 bridgehead atoms. The first-order valence-electron chi connectivity index (χ1n) is 7.04.